The zero-order valence-electron chi connectivity index (χ0n) is 16.4. The summed E-state index contributed by atoms with van der Waals surface area (Å²) < 4.78 is 2.11. The number of aromatic nitrogens is 1. The van der Waals surface area contributed by atoms with Crippen LogP contribution in [-0.2, 0) is 22.7 Å². The summed E-state index contributed by atoms with van der Waals surface area (Å²) >= 11 is 0. The van der Waals surface area contributed by atoms with Gasteiger partial charge in [-0.15, -0.1) is 6.58 Å². The van der Waals surface area contributed by atoms with Crippen molar-refractivity contribution in [2.75, 3.05) is 6.61 Å². The largest absolute Gasteiger partial charge is 0.395 e. The van der Waals surface area contributed by atoms with Crippen LogP contribution < -0.4 is 5.84 Å². The standard InChI is InChI=1S/C22H27N3O2/c1-6-21(4)17(24-23)10-14-19(27)22(21,12-26)13-8-7-9-16-18(13)15(11-25(16)5)20(14,2)3/h6-9,11,14,26H,1,10,12,23H2,2-5H3/b24-17+/t14-,21+,22-/m0/s1. The van der Waals surface area contributed by atoms with E-state index in [9.17, 15) is 9.90 Å². The molecule has 2 aliphatic rings. The number of allylic oxidation sites excluding steroid dienone is 1. The van der Waals surface area contributed by atoms with Gasteiger partial charge in [-0.25, -0.2) is 0 Å². The summed E-state index contributed by atoms with van der Waals surface area (Å²) in [4.78, 5) is 14.0. The highest BCUT2D eigenvalue weighted by Crippen LogP contribution is 2.59. The second-order valence-electron chi connectivity index (χ2n) is 8.74. The zero-order valence-corrected chi connectivity index (χ0v) is 16.4. The molecule has 0 amide bonds. The van der Waals surface area contributed by atoms with Crippen LogP contribution in [0.15, 0.2) is 42.2 Å². The molecule has 0 aliphatic heterocycles. The molecule has 0 saturated heterocycles. The third kappa shape index (κ3) is 1.78. The van der Waals surface area contributed by atoms with Gasteiger partial charge in [-0.1, -0.05) is 32.1 Å². The zero-order chi connectivity index (χ0) is 19.8. The Morgan fingerprint density at radius 1 is 1.37 bits per heavy atom. The van der Waals surface area contributed by atoms with Gasteiger partial charge in [-0.3, -0.25) is 4.79 Å². The van der Waals surface area contributed by atoms with Gasteiger partial charge >= 0.3 is 0 Å². The first-order valence-electron chi connectivity index (χ1n) is 9.35. The highest BCUT2D eigenvalue weighted by atomic mass is 16.3. The van der Waals surface area contributed by atoms with Crippen LogP contribution in [0.2, 0.25) is 0 Å². The smallest absolute Gasteiger partial charge is 0.151 e. The van der Waals surface area contributed by atoms with Crippen LogP contribution in [0.25, 0.3) is 10.9 Å². The molecule has 0 radical (unpaired) electrons. The number of nitrogens with zero attached hydrogens (tertiary/aromatic N) is 2. The molecule has 27 heavy (non-hydrogen) atoms. The Hall–Kier alpha value is -2.40. The minimum absolute atomic E-state index is 0.0520. The summed E-state index contributed by atoms with van der Waals surface area (Å²) in [6.07, 6.45) is 4.33. The molecule has 0 spiro atoms. The molecule has 1 aromatic carbocycles. The maximum atomic E-state index is 14.0. The molecule has 1 fully saturated rings. The summed E-state index contributed by atoms with van der Waals surface area (Å²) in [6, 6.07) is 5.99. The molecule has 142 valence electrons. The Bertz CT molecular complexity index is 1020. The van der Waals surface area contributed by atoms with Gasteiger partial charge in [0.2, 0.25) is 0 Å². The summed E-state index contributed by atoms with van der Waals surface area (Å²) in [5.74, 6) is 5.53. The summed E-state index contributed by atoms with van der Waals surface area (Å²) in [5.41, 5.74) is 1.33. The van der Waals surface area contributed by atoms with Gasteiger partial charge in [0.25, 0.3) is 0 Å². The maximum Gasteiger partial charge on any atom is 0.151 e. The quantitative estimate of drug-likeness (QED) is 0.488. The first-order valence-corrected chi connectivity index (χ1v) is 9.35. The molecule has 2 aliphatic carbocycles. The van der Waals surface area contributed by atoms with Gasteiger partial charge in [0.15, 0.2) is 5.78 Å². The second-order valence-corrected chi connectivity index (χ2v) is 8.74. The number of aryl methyl sites for hydroxylation is 1. The number of carbonyl (C=O) groups excluding carboxylic acids is 1. The average Bonchev–Trinajstić information content (AvgIpc) is 2.98. The summed E-state index contributed by atoms with van der Waals surface area (Å²) in [7, 11) is 2.02. The number of hydrazone groups is 1. The number of nitrogens with two attached hydrogens (primary N) is 1. The molecule has 3 N–H and O–H groups in total. The normalized spacial score (nSPS) is 33.3. The van der Waals surface area contributed by atoms with E-state index in [0.29, 0.717) is 6.42 Å². The fourth-order valence-corrected chi connectivity index (χ4v) is 5.58. The van der Waals surface area contributed by atoms with Gasteiger partial charge in [-0.05, 0) is 30.5 Å². The van der Waals surface area contributed by atoms with E-state index in [0.717, 1.165) is 27.7 Å². The Morgan fingerprint density at radius 2 is 2.07 bits per heavy atom. The van der Waals surface area contributed by atoms with Gasteiger partial charge in [-0.2, -0.15) is 5.10 Å². The van der Waals surface area contributed by atoms with E-state index < -0.39 is 16.2 Å². The average molecular weight is 365 g/mol. The van der Waals surface area contributed by atoms with Crippen LogP contribution in [0, 0.1) is 11.3 Å². The lowest BCUT2D eigenvalue weighted by atomic mass is 9.49. The molecular weight excluding hydrogens is 338 g/mol. The number of ketones is 1. The molecule has 1 heterocycles. The second kappa shape index (κ2) is 5.32. The molecule has 2 bridgehead atoms. The van der Waals surface area contributed by atoms with Crippen LogP contribution in [0.3, 0.4) is 0 Å². The minimum atomic E-state index is -1.15. The topological polar surface area (TPSA) is 80.6 Å². The lowest BCUT2D eigenvalue weighted by Crippen LogP contribution is -2.63. The van der Waals surface area contributed by atoms with Crippen molar-refractivity contribution in [2.24, 2.45) is 29.3 Å². The Morgan fingerprint density at radius 3 is 2.67 bits per heavy atom. The number of Topliss-reactive ketones (excluding diaryl/α,β-unsaturated/α-hetero) is 1. The fraction of sp³-hybridized carbons (Fsp3) is 0.455. The third-order valence-corrected chi connectivity index (χ3v) is 7.46. The first kappa shape index (κ1) is 18.0. The van der Waals surface area contributed by atoms with E-state index >= 15 is 0 Å². The van der Waals surface area contributed by atoms with Crippen molar-refractivity contribution in [1.82, 2.24) is 4.57 Å². The van der Waals surface area contributed by atoms with E-state index in [-0.39, 0.29) is 18.3 Å². The van der Waals surface area contributed by atoms with E-state index in [1.54, 1.807) is 6.08 Å². The monoisotopic (exact) mass is 365 g/mol. The van der Waals surface area contributed by atoms with Gasteiger partial charge in [0.05, 0.1) is 12.0 Å². The molecule has 1 saturated carbocycles. The minimum Gasteiger partial charge on any atom is -0.395 e. The number of benzene rings is 1. The number of hydrogen-bond acceptors (Lipinski definition) is 4. The van der Waals surface area contributed by atoms with Crippen LogP contribution in [-0.4, -0.2) is 27.8 Å². The highest BCUT2D eigenvalue weighted by Gasteiger charge is 2.65. The van der Waals surface area contributed by atoms with Gasteiger partial charge in [0.1, 0.15) is 0 Å². The van der Waals surface area contributed by atoms with Crippen molar-refractivity contribution in [2.45, 2.75) is 38.0 Å². The molecule has 5 heteroatoms. The molecule has 4 rings (SSSR count). The van der Waals surface area contributed by atoms with E-state index in [4.69, 9.17) is 5.84 Å². The van der Waals surface area contributed by atoms with E-state index in [1.807, 2.05) is 26.1 Å². The summed E-state index contributed by atoms with van der Waals surface area (Å²) in [5, 5.41) is 15.9. The predicted octanol–water partition coefficient (Wildman–Crippen LogP) is 2.80. The highest BCUT2D eigenvalue weighted by molar-refractivity contribution is 6.13. The SMILES string of the molecule is C=C[C@]1(C)/C(=N/N)C[C@H]2C(=O)[C@]1(CO)c1cccc3c1c(cn3C)C2(C)C. The van der Waals surface area contributed by atoms with Crippen molar-refractivity contribution in [3.8, 4) is 0 Å². The van der Waals surface area contributed by atoms with Crippen molar-refractivity contribution in [3.05, 3.63) is 48.2 Å². The van der Waals surface area contributed by atoms with Gasteiger partial charge < -0.3 is 15.5 Å². The maximum absolute atomic E-state index is 14.0. The Kier molecular flexibility index (Phi) is 3.54. The molecule has 2 aromatic rings. The van der Waals surface area contributed by atoms with Crippen LogP contribution >= 0.6 is 0 Å². The molecule has 5 nitrogen and oxygen atoms in total. The van der Waals surface area contributed by atoms with Crippen molar-refractivity contribution >= 4 is 22.4 Å². The number of aliphatic hydroxyl groups is 1. The predicted molar refractivity (Wildman–Crippen MR) is 108 cm³/mol. The summed E-state index contributed by atoms with van der Waals surface area (Å²) in [6.45, 7) is 9.85. The first-order chi connectivity index (χ1) is 12.7. The number of aliphatic hydroxyl groups excluding tert-OH is 1. The van der Waals surface area contributed by atoms with Crippen LogP contribution in [0.4, 0.5) is 0 Å². The van der Waals surface area contributed by atoms with Crippen molar-refractivity contribution in [3.63, 3.8) is 0 Å². The van der Waals surface area contributed by atoms with Gasteiger partial charge in [0, 0.05) is 46.6 Å². The van der Waals surface area contributed by atoms with Crippen LogP contribution in [0.5, 0.6) is 0 Å². The molecular formula is C22H27N3O2. The lowest BCUT2D eigenvalue weighted by Gasteiger charge is -2.52. The fourth-order valence-electron chi connectivity index (χ4n) is 5.58. The third-order valence-electron chi connectivity index (χ3n) is 7.46. The van der Waals surface area contributed by atoms with E-state index in [2.05, 4.69) is 42.4 Å². The Balaban J connectivity index is 2.27. The Labute approximate surface area is 159 Å². The van der Waals surface area contributed by atoms with Crippen molar-refractivity contribution < 1.29 is 9.90 Å². The lowest BCUT2D eigenvalue weighted by molar-refractivity contribution is -0.136. The number of rotatable bonds is 2. The molecule has 0 unspecified atom stereocenters. The number of carbonyl (C=O) groups is 1. The molecule has 3 atom stereocenters. The molecule has 1 aromatic heterocycles. The number of fused-ring (bicyclic) bond motifs is 3. The van der Waals surface area contributed by atoms with Crippen molar-refractivity contribution in [1.29, 1.82) is 0 Å². The number of hydrogen-bond donors (Lipinski definition) is 2. The van der Waals surface area contributed by atoms with E-state index in [1.165, 1.54) is 0 Å². The van der Waals surface area contributed by atoms with Crippen LogP contribution in [0.1, 0.15) is 38.3 Å².